The highest BCUT2D eigenvalue weighted by molar-refractivity contribution is 7.99. The highest BCUT2D eigenvalue weighted by Crippen LogP contribution is 2.40. The number of fused-ring (bicyclic) bond motifs is 1. The zero-order valence-corrected chi connectivity index (χ0v) is 16.1. The van der Waals surface area contributed by atoms with Crippen molar-refractivity contribution >= 4 is 17.7 Å². The van der Waals surface area contributed by atoms with Crippen LogP contribution in [-0.4, -0.2) is 17.3 Å². The Morgan fingerprint density at radius 2 is 2.04 bits per heavy atom. The summed E-state index contributed by atoms with van der Waals surface area (Å²) in [6.07, 6.45) is 0.748. The molecule has 0 saturated heterocycles. The molecule has 0 fully saturated rings. The summed E-state index contributed by atoms with van der Waals surface area (Å²) in [5, 5.41) is 3.23. The second-order valence-corrected chi connectivity index (χ2v) is 8.37. The molecule has 0 aliphatic carbocycles. The van der Waals surface area contributed by atoms with Gasteiger partial charge in [-0.05, 0) is 50.3 Å². The zero-order chi connectivity index (χ0) is 18.0. The number of rotatable bonds is 4. The first-order valence-electron chi connectivity index (χ1n) is 8.72. The van der Waals surface area contributed by atoms with Gasteiger partial charge in [-0.1, -0.05) is 31.2 Å². The molecule has 1 unspecified atom stereocenters. The number of amides is 1. The Morgan fingerprint density at radius 3 is 2.80 bits per heavy atom. The molecule has 25 heavy (non-hydrogen) atoms. The fourth-order valence-corrected chi connectivity index (χ4v) is 4.06. The van der Waals surface area contributed by atoms with Crippen molar-refractivity contribution in [1.29, 1.82) is 0 Å². The molecule has 0 bridgehead atoms. The molecule has 1 heterocycles. The molecule has 1 atom stereocenters. The van der Waals surface area contributed by atoms with E-state index in [2.05, 4.69) is 51.2 Å². The van der Waals surface area contributed by atoms with E-state index in [-0.39, 0.29) is 17.6 Å². The van der Waals surface area contributed by atoms with Crippen LogP contribution in [-0.2, 0) is 0 Å². The van der Waals surface area contributed by atoms with E-state index in [4.69, 9.17) is 4.74 Å². The molecule has 1 amide bonds. The predicted molar refractivity (Wildman–Crippen MR) is 104 cm³/mol. The van der Waals surface area contributed by atoms with Gasteiger partial charge < -0.3 is 10.1 Å². The summed E-state index contributed by atoms with van der Waals surface area (Å²) in [5.74, 6) is 1.79. The first-order chi connectivity index (χ1) is 11.9. The quantitative estimate of drug-likeness (QED) is 0.772. The highest BCUT2D eigenvalue weighted by atomic mass is 32.2. The second-order valence-electron chi connectivity index (χ2n) is 7.06. The first-order valence-corrected chi connectivity index (χ1v) is 9.70. The van der Waals surface area contributed by atoms with Crippen LogP contribution < -0.4 is 10.1 Å². The maximum absolute atomic E-state index is 12.9. The van der Waals surface area contributed by atoms with Gasteiger partial charge in [-0.3, -0.25) is 4.79 Å². The molecule has 0 saturated carbocycles. The van der Waals surface area contributed by atoms with Gasteiger partial charge in [-0.25, -0.2) is 0 Å². The standard InChI is InChI=1S/C21H25NO2S/c1-5-25-19-9-7-6-8-16(19)20(23)22-17-13-21(3,4)24-18-12-14(2)10-11-15(17)18/h6-12,17H,5,13H2,1-4H3,(H,22,23). The number of carbonyl (C=O) groups excluding carboxylic acids is 1. The van der Waals surface area contributed by atoms with Crippen LogP contribution in [0.2, 0.25) is 0 Å². The Hall–Kier alpha value is -1.94. The van der Waals surface area contributed by atoms with Gasteiger partial charge in [0.2, 0.25) is 0 Å². The molecule has 0 spiro atoms. The van der Waals surface area contributed by atoms with Crippen molar-refractivity contribution in [3.8, 4) is 5.75 Å². The van der Waals surface area contributed by atoms with Crippen LogP contribution in [0.25, 0.3) is 0 Å². The van der Waals surface area contributed by atoms with Gasteiger partial charge in [0.15, 0.2) is 0 Å². The van der Waals surface area contributed by atoms with Gasteiger partial charge in [-0.15, -0.1) is 11.8 Å². The van der Waals surface area contributed by atoms with Gasteiger partial charge >= 0.3 is 0 Å². The molecule has 3 rings (SSSR count). The second kappa shape index (κ2) is 7.12. The molecule has 0 aromatic heterocycles. The molecule has 2 aromatic carbocycles. The Kier molecular flexibility index (Phi) is 5.09. The van der Waals surface area contributed by atoms with E-state index in [9.17, 15) is 4.79 Å². The van der Waals surface area contributed by atoms with Gasteiger partial charge in [0, 0.05) is 16.9 Å². The monoisotopic (exact) mass is 355 g/mol. The van der Waals surface area contributed by atoms with E-state index in [1.165, 1.54) is 0 Å². The summed E-state index contributed by atoms with van der Waals surface area (Å²) < 4.78 is 6.12. The number of nitrogens with one attached hydrogen (secondary N) is 1. The average Bonchev–Trinajstić information content (AvgIpc) is 2.54. The number of ether oxygens (including phenoxy) is 1. The molecule has 1 aliphatic heterocycles. The van der Waals surface area contributed by atoms with Crippen LogP contribution in [0.3, 0.4) is 0 Å². The van der Waals surface area contributed by atoms with Gasteiger partial charge in [0.25, 0.3) is 5.91 Å². The molecule has 132 valence electrons. The van der Waals surface area contributed by atoms with Crippen LogP contribution in [0.4, 0.5) is 0 Å². The Balaban J connectivity index is 1.89. The molecular formula is C21H25NO2S. The number of benzene rings is 2. The van der Waals surface area contributed by atoms with E-state index >= 15 is 0 Å². The average molecular weight is 356 g/mol. The fourth-order valence-electron chi connectivity index (χ4n) is 3.26. The van der Waals surface area contributed by atoms with Crippen molar-refractivity contribution in [2.24, 2.45) is 0 Å². The lowest BCUT2D eigenvalue weighted by Crippen LogP contribution is -2.41. The number of aryl methyl sites for hydroxylation is 1. The molecular weight excluding hydrogens is 330 g/mol. The summed E-state index contributed by atoms with van der Waals surface area (Å²) in [5.41, 5.74) is 2.65. The predicted octanol–water partition coefficient (Wildman–Crippen LogP) is 5.14. The molecule has 1 N–H and O–H groups in total. The maximum Gasteiger partial charge on any atom is 0.252 e. The maximum atomic E-state index is 12.9. The van der Waals surface area contributed by atoms with E-state index in [0.717, 1.165) is 39.5 Å². The van der Waals surface area contributed by atoms with Gasteiger partial charge in [0.1, 0.15) is 11.4 Å². The van der Waals surface area contributed by atoms with E-state index in [0.29, 0.717) is 0 Å². The Bertz CT molecular complexity index is 785. The van der Waals surface area contributed by atoms with Crippen LogP contribution in [0.1, 0.15) is 54.7 Å². The van der Waals surface area contributed by atoms with Crippen molar-refractivity contribution < 1.29 is 9.53 Å². The lowest BCUT2D eigenvalue weighted by atomic mass is 9.89. The van der Waals surface area contributed by atoms with Crippen LogP contribution in [0, 0.1) is 6.92 Å². The first kappa shape index (κ1) is 17.9. The summed E-state index contributed by atoms with van der Waals surface area (Å²) >= 11 is 1.69. The highest BCUT2D eigenvalue weighted by Gasteiger charge is 2.34. The van der Waals surface area contributed by atoms with Crippen molar-refractivity contribution in [3.05, 3.63) is 59.2 Å². The third-order valence-electron chi connectivity index (χ3n) is 4.36. The summed E-state index contributed by atoms with van der Waals surface area (Å²) in [4.78, 5) is 14.0. The molecule has 3 nitrogen and oxygen atoms in total. The molecule has 2 aromatic rings. The molecule has 0 radical (unpaired) electrons. The van der Waals surface area contributed by atoms with Crippen LogP contribution >= 0.6 is 11.8 Å². The van der Waals surface area contributed by atoms with E-state index in [1.807, 2.05) is 24.3 Å². The summed E-state index contributed by atoms with van der Waals surface area (Å²) in [6.45, 7) is 8.28. The van der Waals surface area contributed by atoms with Crippen LogP contribution in [0.15, 0.2) is 47.4 Å². The number of carbonyl (C=O) groups is 1. The topological polar surface area (TPSA) is 38.3 Å². The van der Waals surface area contributed by atoms with Gasteiger partial charge in [0.05, 0.1) is 11.6 Å². The number of hydrogen-bond acceptors (Lipinski definition) is 3. The minimum atomic E-state index is -0.309. The lowest BCUT2D eigenvalue weighted by Gasteiger charge is -2.38. The normalized spacial score (nSPS) is 18.2. The third-order valence-corrected chi connectivity index (χ3v) is 5.32. The number of thioether (sulfide) groups is 1. The van der Waals surface area contributed by atoms with Crippen molar-refractivity contribution in [1.82, 2.24) is 5.32 Å². The summed E-state index contributed by atoms with van der Waals surface area (Å²) in [6, 6.07) is 13.9. The van der Waals surface area contributed by atoms with Crippen molar-refractivity contribution in [2.75, 3.05) is 5.75 Å². The minimum Gasteiger partial charge on any atom is -0.487 e. The zero-order valence-electron chi connectivity index (χ0n) is 15.3. The fraction of sp³-hybridized carbons (Fsp3) is 0.381. The molecule has 4 heteroatoms. The Labute approximate surface area is 154 Å². The summed E-state index contributed by atoms with van der Waals surface area (Å²) in [7, 11) is 0. The molecule has 1 aliphatic rings. The lowest BCUT2D eigenvalue weighted by molar-refractivity contribution is 0.0618. The smallest absolute Gasteiger partial charge is 0.252 e. The SMILES string of the molecule is CCSc1ccccc1C(=O)NC1CC(C)(C)Oc2cc(C)ccc21. The van der Waals surface area contributed by atoms with Gasteiger partial charge in [-0.2, -0.15) is 0 Å². The number of hydrogen-bond donors (Lipinski definition) is 1. The largest absolute Gasteiger partial charge is 0.487 e. The Morgan fingerprint density at radius 1 is 1.28 bits per heavy atom. The van der Waals surface area contributed by atoms with E-state index < -0.39 is 0 Å². The minimum absolute atomic E-state index is 0.0224. The van der Waals surface area contributed by atoms with Crippen molar-refractivity contribution in [2.45, 2.75) is 50.7 Å². The third kappa shape index (κ3) is 4.01. The van der Waals surface area contributed by atoms with Crippen LogP contribution in [0.5, 0.6) is 5.75 Å². The van der Waals surface area contributed by atoms with Crippen molar-refractivity contribution in [3.63, 3.8) is 0 Å². The van der Waals surface area contributed by atoms with E-state index in [1.54, 1.807) is 11.8 Å².